The van der Waals surface area contributed by atoms with Crippen LogP contribution >= 0.6 is 23.2 Å². The van der Waals surface area contributed by atoms with Gasteiger partial charge in [0.15, 0.2) is 0 Å². The first kappa shape index (κ1) is 14.9. The van der Waals surface area contributed by atoms with E-state index < -0.39 is 5.91 Å². The molecule has 0 radical (unpaired) electrons. The second kappa shape index (κ2) is 5.63. The van der Waals surface area contributed by atoms with E-state index in [9.17, 15) is 4.79 Å². The van der Waals surface area contributed by atoms with Crippen LogP contribution < -0.4 is 5.73 Å². The highest BCUT2D eigenvalue weighted by molar-refractivity contribution is 6.35. The Morgan fingerprint density at radius 1 is 1.23 bits per heavy atom. The number of amides is 1. The lowest BCUT2D eigenvalue weighted by Crippen LogP contribution is -2.11. The molecule has 0 atom stereocenters. The summed E-state index contributed by atoms with van der Waals surface area (Å²) < 4.78 is 2.00. The molecule has 3 rings (SSSR count). The topological polar surface area (TPSA) is 60.9 Å². The number of imidazole rings is 1. The lowest BCUT2D eigenvalue weighted by atomic mass is 10.2. The number of carbonyl (C=O) groups excluding carboxylic acids is 1. The van der Waals surface area contributed by atoms with E-state index >= 15 is 0 Å². The number of aromatic nitrogens is 2. The Labute approximate surface area is 137 Å². The number of halogens is 2. The number of hydrogen-bond acceptors (Lipinski definition) is 2. The molecule has 6 heteroatoms. The molecule has 2 aromatic carbocycles. The summed E-state index contributed by atoms with van der Waals surface area (Å²) in [6, 6.07) is 10.6. The molecule has 0 aliphatic heterocycles. The van der Waals surface area contributed by atoms with Gasteiger partial charge in [0.05, 0.1) is 17.6 Å². The molecule has 0 bridgehead atoms. The van der Waals surface area contributed by atoms with E-state index in [1.807, 2.05) is 17.6 Å². The van der Waals surface area contributed by atoms with Crippen LogP contribution in [0.5, 0.6) is 0 Å². The Hall–Kier alpha value is -2.04. The van der Waals surface area contributed by atoms with E-state index in [4.69, 9.17) is 28.9 Å². The first-order valence-corrected chi connectivity index (χ1v) is 7.42. The molecular weight excluding hydrogens is 321 g/mol. The minimum absolute atomic E-state index is 0.454. The van der Waals surface area contributed by atoms with Crippen molar-refractivity contribution < 1.29 is 4.79 Å². The molecule has 1 amide bonds. The van der Waals surface area contributed by atoms with Crippen molar-refractivity contribution >= 4 is 40.1 Å². The van der Waals surface area contributed by atoms with Gasteiger partial charge in [0.25, 0.3) is 0 Å². The van der Waals surface area contributed by atoms with E-state index in [2.05, 4.69) is 4.98 Å². The minimum Gasteiger partial charge on any atom is -0.366 e. The standard InChI is InChI=1S/C16H13Cl2N3O/c1-9-20-14-5-3-10(16(19)22)6-15(14)21(9)8-11-2-4-12(17)7-13(11)18/h2-7H,8H2,1H3,(H2,19,22). The third-order valence-corrected chi connectivity index (χ3v) is 4.15. The molecule has 112 valence electrons. The zero-order chi connectivity index (χ0) is 15.9. The lowest BCUT2D eigenvalue weighted by molar-refractivity contribution is 0.100. The fourth-order valence-electron chi connectivity index (χ4n) is 2.42. The number of carbonyl (C=O) groups is 1. The Kier molecular flexibility index (Phi) is 3.81. The van der Waals surface area contributed by atoms with Crippen LogP contribution in [0.2, 0.25) is 10.0 Å². The van der Waals surface area contributed by atoms with Gasteiger partial charge in [-0.2, -0.15) is 0 Å². The van der Waals surface area contributed by atoms with Crippen LogP contribution in [0.15, 0.2) is 36.4 Å². The Bertz CT molecular complexity index is 886. The summed E-state index contributed by atoms with van der Waals surface area (Å²) in [6.45, 7) is 2.45. The van der Waals surface area contributed by atoms with Crippen LogP contribution in [0.4, 0.5) is 0 Å². The maximum absolute atomic E-state index is 11.4. The molecule has 1 aromatic heterocycles. The van der Waals surface area contributed by atoms with Gasteiger partial charge in [-0.1, -0.05) is 29.3 Å². The van der Waals surface area contributed by atoms with Crippen molar-refractivity contribution in [2.45, 2.75) is 13.5 Å². The van der Waals surface area contributed by atoms with Gasteiger partial charge in [-0.15, -0.1) is 0 Å². The molecule has 1 heterocycles. The second-order valence-electron chi connectivity index (χ2n) is 5.05. The average Bonchev–Trinajstić information content (AvgIpc) is 2.77. The normalized spacial score (nSPS) is 11.0. The van der Waals surface area contributed by atoms with Crippen molar-refractivity contribution in [1.82, 2.24) is 9.55 Å². The SMILES string of the molecule is Cc1nc2ccc(C(N)=O)cc2n1Cc1ccc(Cl)cc1Cl. The molecule has 0 saturated heterocycles. The number of nitrogens with two attached hydrogens (primary N) is 1. The van der Waals surface area contributed by atoms with Crippen LogP contribution in [0.25, 0.3) is 11.0 Å². The third-order valence-electron chi connectivity index (χ3n) is 3.57. The van der Waals surface area contributed by atoms with E-state index in [0.717, 1.165) is 22.4 Å². The number of hydrogen-bond donors (Lipinski definition) is 1. The predicted octanol–water partition coefficient (Wildman–Crippen LogP) is 3.80. The van der Waals surface area contributed by atoms with Crippen molar-refractivity contribution in [2.24, 2.45) is 5.73 Å². The third kappa shape index (κ3) is 2.67. The van der Waals surface area contributed by atoms with Crippen LogP contribution in [-0.2, 0) is 6.54 Å². The fourth-order valence-corrected chi connectivity index (χ4v) is 2.88. The van der Waals surface area contributed by atoms with Gasteiger partial charge >= 0.3 is 0 Å². The largest absolute Gasteiger partial charge is 0.366 e. The highest BCUT2D eigenvalue weighted by Crippen LogP contribution is 2.25. The van der Waals surface area contributed by atoms with Gasteiger partial charge < -0.3 is 10.3 Å². The quantitative estimate of drug-likeness (QED) is 0.792. The van der Waals surface area contributed by atoms with Gasteiger partial charge in [0, 0.05) is 15.6 Å². The van der Waals surface area contributed by atoms with E-state index in [1.165, 1.54) is 0 Å². The molecule has 0 fully saturated rings. The molecule has 0 unspecified atom stereocenters. The number of benzene rings is 2. The molecule has 3 aromatic rings. The summed E-state index contributed by atoms with van der Waals surface area (Å²) in [7, 11) is 0. The summed E-state index contributed by atoms with van der Waals surface area (Å²) in [5.74, 6) is 0.375. The van der Waals surface area contributed by atoms with Crippen LogP contribution in [0.1, 0.15) is 21.7 Å². The van der Waals surface area contributed by atoms with E-state index in [1.54, 1.807) is 30.3 Å². The summed E-state index contributed by atoms with van der Waals surface area (Å²) in [6.07, 6.45) is 0. The van der Waals surface area contributed by atoms with Gasteiger partial charge in [-0.05, 0) is 42.8 Å². The number of rotatable bonds is 3. The molecular formula is C16H13Cl2N3O. The summed E-state index contributed by atoms with van der Waals surface area (Å²) in [5.41, 5.74) is 8.39. The van der Waals surface area contributed by atoms with Gasteiger partial charge in [0.2, 0.25) is 5.91 Å². The molecule has 22 heavy (non-hydrogen) atoms. The average molecular weight is 334 g/mol. The Morgan fingerprint density at radius 2 is 2.00 bits per heavy atom. The maximum atomic E-state index is 11.4. The zero-order valence-electron chi connectivity index (χ0n) is 11.8. The Balaban J connectivity index is 2.11. The van der Waals surface area contributed by atoms with Gasteiger partial charge in [-0.3, -0.25) is 4.79 Å². The van der Waals surface area contributed by atoms with E-state index in [-0.39, 0.29) is 0 Å². The first-order valence-electron chi connectivity index (χ1n) is 6.66. The summed E-state index contributed by atoms with van der Waals surface area (Å²) in [5, 5.41) is 1.19. The van der Waals surface area contributed by atoms with Crippen molar-refractivity contribution in [1.29, 1.82) is 0 Å². The van der Waals surface area contributed by atoms with Crippen LogP contribution in [-0.4, -0.2) is 15.5 Å². The zero-order valence-corrected chi connectivity index (χ0v) is 13.3. The van der Waals surface area contributed by atoms with Crippen molar-refractivity contribution in [3.8, 4) is 0 Å². The highest BCUT2D eigenvalue weighted by Gasteiger charge is 2.12. The molecule has 0 spiro atoms. The first-order chi connectivity index (χ1) is 10.5. The molecule has 0 aliphatic carbocycles. The Morgan fingerprint density at radius 3 is 2.68 bits per heavy atom. The van der Waals surface area contributed by atoms with Crippen LogP contribution in [0.3, 0.4) is 0 Å². The van der Waals surface area contributed by atoms with Crippen molar-refractivity contribution in [3.05, 3.63) is 63.4 Å². The van der Waals surface area contributed by atoms with Crippen molar-refractivity contribution in [2.75, 3.05) is 0 Å². The van der Waals surface area contributed by atoms with E-state index in [0.29, 0.717) is 22.2 Å². The van der Waals surface area contributed by atoms with Crippen molar-refractivity contribution in [3.63, 3.8) is 0 Å². The fraction of sp³-hybridized carbons (Fsp3) is 0.125. The number of aryl methyl sites for hydroxylation is 1. The summed E-state index contributed by atoms with van der Waals surface area (Å²) >= 11 is 12.2. The smallest absolute Gasteiger partial charge is 0.248 e. The maximum Gasteiger partial charge on any atom is 0.248 e. The minimum atomic E-state index is -0.461. The molecule has 0 aliphatic rings. The number of fused-ring (bicyclic) bond motifs is 1. The van der Waals surface area contributed by atoms with Crippen LogP contribution in [0, 0.1) is 6.92 Å². The van der Waals surface area contributed by atoms with Gasteiger partial charge in [0.1, 0.15) is 5.82 Å². The monoisotopic (exact) mass is 333 g/mol. The lowest BCUT2D eigenvalue weighted by Gasteiger charge is -2.09. The molecule has 4 nitrogen and oxygen atoms in total. The number of primary amides is 1. The van der Waals surface area contributed by atoms with Gasteiger partial charge in [-0.25, -0.2) is 4.98 Å². The number of nitrogens with zero attached hydrogens (tertiary/aromatic N) is 2. The summed E-state index contributed by atoms with van der Waals surface area (Å²) in [4.78, 5) is 15.9. The molecule has 0 saturated carbocycles. The predicted molar refractivity (Wildman–Crippen MR) is 88.6 cm³/mol. The second-order valence-corrected chi connectivity index (χ2v) is 5.89. The molecule has 2 N–H and O–H groups in total. The highest BCUT2D eigenvalue weighted by atomic mass is 35.5.